The van der Waals surface area contributed by atoms with Crippen molar-refractivity contribution in [2.24, 2.45) is 0 Å². The van der Waals surface area contributed by atoms with Crippen molar-refractivity contribution < 1.29 is 9.53 Å². The van der Waals surface area contributed by atoms with Crippen LogP contribution in [0.15, 0.2) is 24.3 Å². The Kier molecular flexibility index (Phi) is 7.73. The lowest BCUT2D eigenvalue weighted by atomic mass is 10.1. The van der Waals surface area contributed by atoms with Crippen molar-refractivity contribution in [1.29, 1.82) is 0 Å². The van der Waals surface area contributed by atoms with Gasteiger partial charge in [0.2, 0.25) is 5.91 Å². The number of ether oxygens (including phenoxy) is 1. The highest BCUT2D eigenvalue weighted by molar-refractivity contribution is 5.80. The van der Waals surface area contributed by atoms with Gasteiger partial charge in [-0.3, -0.25) is 4.79 Å². The van der Waals surface area contributed by atoms with Crippen LogP contribution in [0.4, 0.5) is 0 Å². The quantitative estimate of drug-likeness (QED) is 0.680. The lowest BCUT2D eigenvalue weighted by Gasteiger charge is -2.12. The first-order valence-electron chi connectivity index (χ1n) is 7.34. The normalized spacial score (nSPS) is 11.9. The first kappa shape index (κ1) is 16.5. The number of carbonyl (C=O) groups is 1. The maximum Gasteiger partial charge on any atom is 0.236 e. The van der Waals surface area contributed by atoms with Crippen LogP contribution < -0.4 is 15.4 Å². The van der Waals surface area contributed by atoms with E-state index in [4.69, 9.17) is 4.74 Å². The average Bonchev–Trinajstić information content (AvgIpc) is 2.47. The van der Waals surface area contributed by atoms with Crippen molar-refractivity contribution in [3.63, 3.8) is 0 Å². The zero-order valence-electron chi connectivity index (χ0n) is 12.7. The van der Waals surface area contributed by atoms with Crippen LogP contribution in [0.3, 0.4) is 0 Å². The summed E-state index contributed by atoms with van der Waals surface area (Å²) in [4.78, 5) is 11.4. The second-order valence-electron chi connectivity index (χ2n) is 4.89. The molecule has 1 atom stereocenters. The van der Waals surface area contributed by atoms with E-state index < -0.39 is 0 Å². The molecule has 0 spiro atoms. The molecule has 0 unspecified atom stereocenters. The van der Waals surface area contributed by atoms with E-state index in [1.165, 1.54) is 5.56 Å². The molecule has 20 heavy (non-hydrogen) atoms. The van der Waals surface area contributed by atoms with Gasteiger partial charge in [-0.05, 0) is 44.0 Å². The number of unbranched alkanes of at least 4 members (excludes halogenated alkanes) is 1. The van der Waals surface area contributed by atoms with E-state index in [1.54, 1.807) is 7.05 Å². The van der Waals surface area contributed by atoms with Gasteiger partial charge in [0.05, 0.1) is 12.6 Å². The fourth-order valence-corrected chi connectivity index (χ4v) is 1.87. The van der Waals surface area contributed by atoms with Gasteiger partial charge < -0.3 is 15.4 Å². The van der Waals surface area contributed by atoms with Crippen LogP contribution in [-0.2, 0) is 11.2 Å². The third-order valence-corrected chi connectivity index (χ3v) is 3.17. The van der Waals surface area contributed by atoms with Crippen molar-refractivity contribution in [3.8, 4) is 5.75 Å². The lowest BCUT2D eigenvalue weighted by Crippen LogP contribution is -2.41. The van der Waals surface area contributed by atoms with E-state index in [0.29, 0.717) is 0 Å². The molecule has 0 fully saturated rings. The van der Waals surface area contributed by atoms with Gasteiger partial charge in [0.25, 0.3) is 0 Å². The number of nitrogens with one attached hydrogen (secondary N) is 2. The Bertz CT molecular complexity index is 407. The molecule has 0 radical (unpaired) electrons. The maximum absolute atomic E-state index is 11.4. The Morgan fingerprint density at radius 1 is 1.40 bits per heavy atom. The molecule has 2 N–H and O–H groups in total. The minimum absolute atomic E-state index is 0.0154. The molecule has 0 bridgehead atoms. The molecule has 1 amide bonds. The first-order chi connectivity index (χ1) is 9.67. The van der Waals surface area contributed by atoms with E-state index in [9.17, 15) is 4.79 Å². The molecule has 4 heteroatoms. The summed E-state index contributed by atoms with van der Waals surface area (Å²) in [6.07, 6.45) is 3.10. The molecule has 1 aromatic carbocycles. The van der Waals surface area contributed by atoms with Crippen LogP contribution in [0.5, 0.6) is 5.75 Å². The third kappa shape index (κ3) is 6.06. The van der Waals surface area contributed by atoms with Gasteiger partial charge in [0, 0.05) is 7.05 Å². The highest BCUT2D eigenvalue weighted by atomic mass is 16.5. The summed E-state index contributed by atoms with van der Waals surface area (Å²) in [5.74, 6) is 0.942. The van der Waals surface area contributed by atoms with Gasteiger partial charge in [-0.2, -0.15) is 0 Å². The number of rotatable bonds is 9. The predicted molar refractivity (Wildman–Crippen MR) is 82.1 cm³/mol. The number of benzene rings is 1. The molecule has 0 heterocycles. The number of likely N-dealkylation sites (N-methyl/N-ethyl adjacent to an activating group) is 1. The Balaban J connectivity index is 2.36. The van der Waals surface area contributed by atoms with Gasteiger partial charge in [0.1, 0.15) is 5.75 Å². The zero-order chi connectivity index (χ0) is 14.8. The number of amides is 1. The molecule has 4 nitrogen and oxygen atoms in total. The minimum atomic E-state index is -0.163. The van der Waals surface area contributed by atoms with Crippen LogP contribution in [-0.4, -0.2) is 32.1 Å². The van der Waals surface area contributed by atoms with Crippen LogP contribution in [0.25, 0.3) is 0 Å². The summed E-state index contributed by atoms with van der Waals surface area (Å²) in [6, 6.07) is 7.99. The molecule has 0 aliphatic carbocycles. The number of carbonyl (C=O) groups excluding carboxylic acids is 1. The standard InChI is InChI=1S/C16H26N2O2/c1-4-5-11-20-15-8-6-7-14(12-15)9-10-18-13(2)16(19)17-3/h6-8,12-13,18H,4-5,9-11H2,1-3H3,(H,17,19)/t13-/m0/s1. The first-order valence-corrected chi connectivity index (χ1v) is 7.34. The van der Waals surface area contributed by atoms with Crippen LogP contribution in [0.2, 0.25) is 0 Å². The Hall–Kier alpha value is -1.55. The highest BCUT2D eigenvalue weighted by Crippen LogP contribution is 2.14. The molecular formula is C16H26N2O2. The molecule has 0 saturated carbocycles. The van der Waals surface area contributed by atoms with Crippen LogP contribution >= 0.6 is 0 Å². The Labute approximate surface area is 121 Å². The monoisotopic (exact) mass is 278 g/mol. The largest absolute Gasteiger partial charge is 0.494 e. The summed E-state index contributed by atoms with van der Waals surface area (Å²) >= 11 is 0. The SMILES string of the molecule is CCCCOc1cccc(CCN[C@@H](C)C(=O)NC)c1. The number of hydrogen-bond acceptors (Lipinski definition) is 3. The fraction of sp³-hybridized carbons (Fsp3) is 0.562. The molecule has 112 valence electrons. The highest BCUT2D eigenvalue weighted by Gasteiger charge is 2.08. The van der Waals surface area contributed by atoms with Crippen molar-refractivity contribution in [1.82, 2.24) is 10.6 Å². The van der Waals surface area contributed by atoms with E-state index in [-0.39, 0.29) is 11.9 Å². The van der Waals surface area contributed by atoms with Gasteiger partial charge in [-0.1, -0.05) is 25.5 Å². The molecule has 0 aromatic heterocycles. The average molecular weight is 278 g/mol. The van der Waals surface area contributed by atoms with E-state index in [2.05, 4.69) is 29.7 Å². The smallest absolute Gasteiger partial charge is 0.236 e. The summed E-state index contributed by atoms with van der Waals surface area (Å²) in [5.41, 5.74) is 1.22. The van der Waals surface area contributed by atoms with Crippen LogP contribution in [0, 0.1) is 0 Å². The third-order valence-electron chi connectivity index (χ3n) is 3.17. The molecule has 0 aliphatic heterocycles. The van der Waals surface area contributed by atoms with Crippen molar-refractivity contribution >= 4 is 5.91 Å². The molecule has 0 saturated heterocycles. The van der Waals surface area contributed by atoms with Crippen molar-refractivity contribution in [3.05, 3.63) is 29.8 Å². The maximum atomic E-state index is 11.4. The summed E-state index contributed by atoms with van der Waals surface area (Å²) in [6.45, 7) is 5.56. The molecular weight excluding hydrogens is 252 g/mol. The van der Waals surface area contributed by atoms with Gasteiger partial charge >= 0.3 is 0 Å². The fourth-order valence-electron chi connectivity index (χ4n) is 1.87. The van der Waals surface area contributed by atoms with E-state index in [0.717, 1.165) is 38.2 Å². The lowest BCUT2D eigenvalue weighted by molar-refractivity contribution is -0.122. The summed E-state index contributed by atoms with van der Waals surface area (Å²) in [5, 5.41) is 5.83. The molecule has 1 aromatic rings. The predicted octanol–water partition coefficient (Wildman–Crippen LogP) is 2.13. The number of hydrogen-bond donors (Lipinski definition) is 2. The Morgan fingerprint density at radius 2 is 2.20 bits per heavy atom. The van der Waals surface area contributed by atoms with Crippen molar-refractivity contribution in [2.75, 3.05) is 20.2 Å². The Morgan fingerprint density at radius 3 is 2.90 bits per heavy atom. The summed E-state index contributed by atoms with van der Waals surface area (Å²) in [7, 11) is 1.65. The van der Waals surface area contributed by atoms with Gasteiger partial charge in [-0.25, -0.2) is 0 Å². The minimum Gasteiger partial charge on any atom is -0.494 e. The van der Waals surface area contributed by atoms with E-state index >= 15 is 0 Å². The molecule has 1 rings (SSSR count). The van der Waals surface area contributed by atoms with Gasteiger partial charge in [-0.15, -0.1) is 0 Å². The molecule has 0 aliphatic rings. The second-order valence-corrected chi connectivity index (χ2v) is 4.89. The van der Waals surface area contributed by atoms with E-state index in [1.807, 2.05) is 19.1 Å². The van der Waals surface area contributed by atoms with Crippen molar-refractivity contribution in [2.45, 2.75) is 39.2 Å². The van der Waals surface area contributed by atoms with Gasteiger partial charge in [0.15, 0.2) is 0 Å². The van der Waals surface area contributed by atoms with Crippen LogP contribution in [0.1, 0.15) is 32.3 Å². The topological polar surface area (TPSA) is 50.4 Å². The zero-order valence-corrected chi connectivity index (χ0v) is 12.7. The second kappa shape index (κ2) is 9.37. The summed E-state index contributed by atoms with van der Waals surface area (Å²) < 4.78 is 5.69.